The number of hydrogen-bond acceptors (Lipinski definition) is 4. The Morgan fingerprint density at radius 3 is 2.95 bits per heavy atom. The number of anilines is 1. The van der Waals surface area contributed by atoms with Crippen LogP contribution in [0.3, 0.4) is 0 Å². The molecule has 0 amide bonds. The number of hydrogen-bond donors (Lipinski definition) is 1. The van der Waals surface area contributed by atoms with E-state index >= 15 is 0 Å². The molecule has 4 rings (SSSR count). The largest absolute Gasteiger partial charge is 0.373 e. The van der Waals surface area contributed by atoms with E-state index < -0.39 is 0 Å². The molecule has 2 aromatic heterocycles. The first-order chi connectivity index (χ1) is 9.36. The van der Waals surface area contributed by atoms with Crippen molar-refractivity contribution in [3.05, 3.63) is 23.8 Å². The highest BCUT2D eigenvalue weighted by Crippen LogP contribution is 2.38. The van der Waals surface area contributed by atoms with Gasteiger partial charge in [0.2, 0.25) is 0 Å². The molecule has 2 heterocycles. The molecule has 0 unspecified atom stereocenters. The molecule has 2 aliphatic rings. The van der Waals surface area contributed by atoms with E-state index in [1.165, 1.54) is 30.5 Å². The van der Waals surface area contributed by atoms with Crippen molar-refractivity contribution >= 4 is 5.82 Å². The first-order valence-corrected chi connectivity index (χ1v) is 6.96. The Kier molecular flexibility index (Phi) is 2.33. The van der Waals surface area contributed by atoms with E-state index in [4.69, 9.17) is 9.97 Å². The second kappa shape index (κ2) is 4.05. The number of rotatable bonds is 3. The van der Waals surface area contributed by atoms with Gasteiger partial charge in [0.25, 0.3) is 0 Å². The normalized spacial score (nSPS) is 17.5. The Labute approximate surface area is 112 Å². The van der Waals surface area contributed by atoms with Crippen LogP contribution in [0, 0.1) is 0 Å². The Balaban J connectivity index is 1.84. The van der Waals surface area contributed by atoms with Crippen LogP contribution in [0.15, 0.2) is 12.5 Å². The maximum absolute atomic E-state index is 4.76. The molecule has 0 aliphatic heterocycles. The highest BCUT2D eigenvalue weighted by molar-refractivity contribution is 5.57. The van der Waals surface area contributed by atoms with Gasteiger partial charge < -0.3 is 9.88 Å². The van der Waals surface area contributed by atoms with Gasteiger partial charge in [-0.3, -0.25) is 0 Å². The number of aryl methyl sites for hydroxylation is 1. The smallest absolute Gasteiger partial charge is 0.180 e. The topological polar surface area (TPSA) is 55.6 Å². The number of nitrogens with one attached hydrogen (secondary N) is 1. The van der Waals surface area contributed by atoms with Crippen molar-refractivity contribution in [1.29, 1.82) is 0 Å². The van der Waals surface area contributed by atoms with Crippen LogP contribution in [-0.2, 0) is 12.8 Å². The molecule has 5 nitrogen and oxygen atoms in total. The summed E-state index contributed by atoms with van der Waals surface area (Å²) in [6.07, 6.45) is 9.62. The molecule has 0 saturated heterocycles. The summed E-state index contributed by atoms with van der Waals surface area (Å²) >= 11 is 0. The molecule has 0 bridgehead atoms. The Hall–Kier alpha value is -1.91. The minimum absolute atomic E-state index is 0.604. The van der Waals surface area contributed by atoms with Gasteiger partial charge in [-0.05, 0) is 32.1 Å². The summed E-state index contributed by atoms with van der Waals surface area (Å²) in [4.78, 5) is 13.7. The number of aromatic nitrogens is 4. The maximum atomic E-state index is 4.76. The molecule has 5 heteroatoms. The van der Waals surface area contributed by atoms with E-state index in [2.05, 4.69) is 14.9 Å². The van der Waals surface area contributed by atoms with Gasteiger partial charge in [0.1, 0.15) is 11.5 Å². The zero-order chi connectivity index (χ0) is 12.8. The summed E-state index contributed by atoms with van der Waals surface area (Å²) in [5, 5.41) is 3.21. The first kappa shape index (κ1) is 11.0. The lowest BCUT2D eigenvalue weighted by atomic mass is 10.2. The molecule has 2 aromatic rings. The SMILES string of the molecule is CNc1nc(-c2cncn2C2CC2)nc2c1CCC2. The molecule has 0 radical (unpaired) electrons. The van der Waals surface area contributed by atoms with Crippen molar-refractivity contribution in [2.24, 2.45) is 0 Å². The van der Waals surface area contributed by atoms with E-state index in [9.17, 15) is 0 Å². The Bertz CT molecular complexity index is 627. The van der Waals surface area contributed by atoms with Gasteiger partial charge in [0.15, 0.2) is 5.82 Å². The van der Waals surface area contributed by atoms with Gasteiger partial charge in [-0.15, -0.1) is 0 Å². The highest BCUT2D eigenvalue weighted by atomic mass is 15.1. The zero-order valence-electron chi connectivity index (χ0n) is 11.1. The molecule has 0 spiro atoms. The fraction of sp³-hybridized carbons (Fsp3) is 0.500. The van der Waals surface area contributed by atoms with Crippen molar-refractivity contribution in [2.75, 3.05) is 12.4 Å². The molecule has 1 fully saturated rings. The molecule has 2 aliphatic carbocycles. The third kappa shape index (κ3) is 1.72. The summed E-state index contributed by atoms with van der Waals surface area (Å²) < 4.78 is 2.22. The molecule has 1 N–H and O–H groups in total. The van der Waals surface area contributed by atoms with E-state index in [1.807, 2.05) is 19.6 Å². The van der Waals surface area contributed by atoms with Gasteiger partial charge in [-0.25, -0.2) is 15.0 Å². The quantitative estimate of drug-likeness (QED) is 0.913. The van der Waals surface area contributed by atoms with E-state index in [0.717, 1.165) is 30.2 Å². The molecule has 0 aromatic carbocycles. The minimum Gasteiger partial charge on any atom is -0.373 e. The zero-order valence-corrected chi connectivity index (χ0v) is 11.1. The van der Waals surface area contributed by atoms with Crippen LogP contribution in [-0.4, -0.2) is 26.6 Å². The molecule has 0 atom stereocenters. The molecule has 19 heavy (non-hydrogen) atoms. The molecular formula is C14H17N5. The lowest BCUT2D eigenvalue weighted by Gasteiger charge is -2.10. The lowest BCUT2D eigenvalue weighted by Crippen LogP contribution is -2.05. The fourth-order valence-corrected chi connectivity index (χ4v) is 2.88. The van der Waals surface area contributed by atoms with Crippen molar-refractivity contribution < 1.29 is 0 Å². The molecule has 1 saturated carbocycles. The summed E-state index contributed by atoms with van der Waals surface area (Å²) in [6.45, 7) is 0. The number of fused-ring (bicyclic) bond motifs is 1. The Morgan fingerprint density at radius 2 is 2.16 bits per heavy atom. The van der Waals surface area contributed by atoms with Crippen molar-refractivity contribution in [2.45, 2.75) is 38.1 Å². The van der Waals surface area contributed by atoms with Gasteiger partial charge >= 0.3 is 0 Å². The lowest BCUT2D eigenvalue weighted by molar-refractivity contribution is 0.742. The van der Waals surface area contributed by atoms with Gasteiger partial charge in [0.05, 0.1) is 12.5 Å². The van der Waals surface area contributed by atoms with Crippen molar-refractivity contribution in [1.82, 2.24) is 19.5 Å². The van der Waals surface area contributed by atoms with Crippen LogP contribution in [0.2, 0.25) is 0 Å². The van der Waals surface area contributed by atoms with Crippen LogP contribution in [0.4, 0.5) is 5.82 Å². The van der Waals surface area contributed by atoms with Crippen LogP contribution in [0.5, 0.6) is 0 Å². The van der Waals surface area contributed by atoms with Crippen molar-refractivity contribution in [3.63, 3.8) is 0 Å². The summed E-state index contributed by atoms with van der Waals surface area (Å²) in [5.41, 5.74) is 3.55. The first-order valence-electron chi connectivity index (χ1n) is 6.96. The minimum atomic E-state index is 0.604. The number of nitrogens with zero attached hydrogens (tertiary/aromatic N) is 4. The highest BCUT2D eigenvalue weighted by Gasteiger charge is 2.27. The van der Waals surface area contributed by atoms with E-state index in [-0.39, 0.29) is 0 Å². The monoisotopic (exact) mass is 255 g/mol. The summed E-state index contributed by atoms with van der Waals surface area (Å²) in [6, 6.07) is 0.604. The third-order valence-corrected chi connectivity index (χ3v) is 4.01. The standard InChI is InChI=1S/C14H17N5/c1-15-13-10-3-2-4-11(10)17-14(18-13)12-7-16-8-19(12)9-5-6-9/h7-9H,2-6H2,1H3,(H,15,17,18). The van der Waals surface area contributed by atoms with Gasteiger partial charge in [-0.1, -0.05) is 0 Å². The maximum Gasteiger partial charge on any atom is 0.180 e. The van der Waals surface area contributed by atoms with Crippen LogP contribution >= 0.6 is 0 Å². The fourth-order valence-electron chi connectivity index (χ4n) is 2.88. The van der Waals surface area contributed by atoms with Crippen LogP contribution < -0.4 is 5.32 Å². The van der Waals surface area contributed by atoms with Gasteiger partial charge in [0, 0.05) is 24.3 Å². The predicted molar refractivity (Wildman–Crippen MR) is 73.1 cm³/mol. The summed E-state index contributed by atoms with van der Waals surface area (Å²) in [7, 11) is 1.93. The third-order valence-electron chi connectivity index (χ3n) is 4.01. The van der Waals surface area contributed by atoms with Crippen LogP contribution in [0.1, 0.15) is 36.6 Å². The predicted octanol–water partition coefficient (Wildman–Crippen LogP) is 2.21. The Morgan fingerprint density at radius 1 is 1.26 bits per heavy atom. The van der Waals surface area contributed by atoms with Crippen LogP contribution in [0.25, 0.3) is 11.5 Å². The van der Waals surface area contributed by atoms with Gasteiger partial charge in [-0.2, -0.15) is 0 Å². The van der Waals surface area contributed by atoms with Crippen molar-refractivity contribution in [3.8, 4) is 11.5 Å². The second-order valence-electron chi connectivity index (χ2n) is 5.34. The van der Waals surface area contributed by atoms with E-state index in [0.29, 0.717) is 6.04 Å². The molecular weight excluding hydrogens is 238 g/mol. The molecule has 98 valence electrons. The average Bonchev–Trinajstić information content (AvgIpc) is 2.99. The second-order valence-corrected chi connectivity index (χ2v) is 5.34. The summed E-state index contributed by atoms with van der Waals surface area (Å²) in [5.74, 6) is 1.80. The average molecular weight is 255 g/mol. The number of imidazole rings is 1. The van der Waals surface area contributed by atoms with E-state index in [1.54, 1.807) is 0 Å².